The van der Waals surface area contributed by atoms with Crippen molar-refractivity contribution in [1.82, 2.24) is 0 Å². The van der Waals surface area contributed by atoms with Gasteiger partial charge in [0, 0.05) is 4.92 Å². The van der Waals surface area contributed by atoms with E-state index in [9.17, 15) is 15.2 Å². The number of fused-ring (bicyclic) bond motifs is 1. The van der Waals surface area contributed by atoms with Crippen molar-refractivity contribution in [2.75, 3.05) is 6.54 Å². The Bertz CT molecular complexity index is 285. The molecule has 0 heterocycles. The van der Waals surface area contributed by atoms with Crippen LogP contribution < -0.4 is 0 Å². The molecular weight excluding hydrogens is 182 g/mol. The minimum Gasteiger partial charge on any atom is -0.382 e. The van der Waals surface area contributed by atoms with Crippen molar-refractivity contribution in [3.05, 3.63) is 10.1 Å². The number of hydrogen-bond acceptors (Lipinski definition) is 3. The van der Waals surface area contributed by atoms with E-state index >= 15 is 0 Å². The van der Waals surface area contributed by atoms with Crippen LogP contribution >= 0.6 is 0 Å². The second-order valence-corrected chi connectivity index (χ2v) is 5.27. The predicted molar refractivity (Wildman–Crippen MR) is 49.2 cm³/mol. The van der Waals surface area contributed by atoms with Crippen LogP contribution in [0.2, 0.25) is 0 Å². The Hall–Kier alpha value is -0.640. The zero-order valence-electron chi connectivity index (χ0n) is 8.06. The van der Waals surface area contributed by atoms with Gasteiger partial charge in [-0.25, -0.2) is 0 Å². The molecule has 0 saturated heterocycles. The monoisotopic (exact) mass is 197 g/mol. The molecule has 0 amide bonds. The summed E-state index contributed by atoms with van der Waals surface area (Å²) in [6.45, 7) is -0.231. The molecule has 14 heavy (non-hydrogen) atoms. The van der Waals surface area contributed by atoms with Crippen molar-refractivity contribution in [1.29, 1.82) is 0 Å². The average Bonchev–Trinajstić information content (AvgIpc) is 2.31. The maximum Gasteiger partial charge on any atom is 0.232 e. The molecule has 4 nitrogen and oxygen atoms in total. The first kappa shape index (κ1) is 8.65. The maximum atomic E-state index is 10.5. The molecule has 3 rings (SSSR count). The lowest BCUT2D eigenvalue weighted by Crippen LogP contribution is -2.63. The van der Waals surface area contributed by atoms with Gasteiger partial charge in [-0.2, -0.15) is 0 Å². The summed E-state index contributed by atoms with van der Waals surface area (Å²) in [4.78, 5) is 10.2. The van der Waals surface area contributed by atoms with Gasteiger partial charge in [-0.1, -0.05) is 6.42 Å². The quantitative estimate of drug-likeness (QED) is 0.531. The normalized spacial score (nSPS) is 54.1. The molecule has 0 aromatic rings. The lowest BCUT2D eigenvalue weighted by Gasteiger charge is -2.54. The minimum atomic E-state index is -0.945. The van der Waals surface area contributed by atoms with E-state index in [0.717, 1.165) is 18.8 Å². The molecule has 1 unspecified atom stereocenters. The minimum absolute atomic E-state index is 0.231. The largest absolute Gasteiger partial charge is 0.382 e. The highest BCUT2D eigenvalue weighted by molar-refractivity contribution is 5.15. The Morgan fingerprint density at radius 2 is 2.14 bits per heavy atom. The van der Waals surface area contributed by atoms with Crippen LogP contribution in [-0.4, -0.2) is 22.2 Å². The summed E-state index contributed by atoms with van der Waals surface area (Å²) in [5.41, 5.74) is -0.945. The van der Waals surface area contributed by atoms with Gasteiger partial charge in [-0.3, -0.25) is 10.1 Å². The van der Waals surface area contributed by atoms with Gasteiger partial charge in [-0.15, -0.1) is 0 Å². The molecule has 0 aliphatic heterocycles. The smallest absolute Gasteiger partial charge is 0.232 e. The van der Waals surface area contributed by atoms with Gasteiger partial charge in [-0.05, 0) is 42.9 Å². The van der Waals surface area contributed by atoms with Crippen molar-refractivity contribution in [3.63, 3.8) is 0 Å². The molecule has 78 valence electrons. The fourth-order valence-corrected chi connectivity index (χ4v) is 4.28. The van der Waals surface area contributed by atoms with Crippen LogP contribution in [0.3, 0.4) is 0 Å². The Morgan fingerprint density at radius 3 is 2.86 bits per heavy atom. The molecule has 0 spiro atoms. The van der Waals surface area contributed by atoms with Gasteiger partial charge in [0.2, 0.25) is 6.54 Å². The number of nitro groups is 1. The third-order valence-corrected chi connectivity index (χ3v) is 4.78. The summed E-state index contributed by atoms with van der Waals surface area (Å²) >= 11 is 0. The molecule has 2 bridgehead atoms. The van der Waals surface area contributed by atoms with Crippen molar-refractivity contribution >= 4 is 0 Å². The van der Waals surface area contributed by atoms with Gasteiger partial charge in [0.1, 0.15) is 5.60 Å². The summed E-state index contributed by atoms with van der Waals surface area (Å²) in [6.07, 6.45) is 4.44. The fraction of sp³-hybridized carbons (Fsp3) is 1.00. The first-order valence-electron chi connectivity index (χ1n) is 5.45. The van der Waals surface area contributed by atoms with E-state index in [1.54, 1.807) is 0 Å². The summed E-state index contributed by atoms with van der Waals surface area (Å²) in [6, 6.07) is 0. The Morgan fingerprint density at radius 1 is 1.36 bits per heavy atom. The van der Waals surface area contributed by atoms with E-state index in [1.807, 2.05) is 0 Å². The topological polar surface area (TPSA) is 63.4 Å². The second kappa shape index (κ2) is 2.48. The SMILES string of the molecule is O=[N+]([O-])CC1(O)[C@@H]2C[C@@H]3CC[C@H]1[C@H]2C3. The zero-order chi connectivity index (χ0) is 9.92. The maximum absolute atomic E-state index is 10.5. The standard InChI is InChI=1S/C10H15NO3/c12-10(5-11(13)14)8-2-1-6-3-7(8)9(10)4-6/h6-9,12H,1-5H2/t6-,7-,8+,9-,10?/m1/s1. The van der Waals surface area contributed by atoms with E-state index < -0.39 is 5.60 Å². The van der Waals surface area contributed by atoms with E-state index in [0.29, 0.717) is 5.92 Å². The molecule has 4 heteroatoms. The van der Waals surface area contributed by atoms with Gasteiger partial charge in [0.25, 0.3) is 0 Å². The third-order valence-electron chi connectivity index (χ3n) is 4.78. The summed E-state index contributed by atoms with van der Waals surface area (Å²) < 4.78 is 0. The third kappa shape index (κ3) is 0.874. The Labute approximate surface area is 82.5 Å². The van der Waals surface area contributed by atoms with Crippen LogP contribution in [0.25, 0.3) is 0 Å². The van der Waals surface area contributed by atoms with Gasteiger partial charge in [0.05, 0.1) is 0 Å². The Balaban J connectivity index is 1.85. The fourth-order valence-electron chi connectivity index (χ4n) is 4.28. The number of hydrogen-bond donors (Lipinski definition) is 1. The van der Waals surface area contributed by atoms with Crippen LogP contribution in [-0.2, 0) is 0 Å². The van der Waals surface area contributed by atoms with Crippen molar-refractivity contribution in [3.8, 4) is 0 Å². The highest BCUT2D eigenvalue weighted by Crippen LogP contribution is 2.65. The Kier molecular flexibility index (Phi) is 1.53. The zero-order valence-corrected chi connectivity index (χ0v) is 8.06. The van der Waals surface area contributed by atoms with Gasteiger partial charge >= 0.3 is 0 Å². The number of nitrogens with zero attached hydrogens (tertiary/aromatic N) is 1. The lowest BCUT2D eigenvalue weighted by atomic mass is 9.53. The molecule has 1 N–H and O–H groups in total. The molecule has 3 aliphatic carbocycles. The van der Waals surface area contributed by atoms with Crippen LogP contribution in [0.15, 0.2) is 0 Å². The number of aliphatic hydroxyl groups is 1. The summed E-state index contributed by atoms with van der Waals surface area (Å²) in [5.74, 6) is 1.84. The van der Waals surface area contributed by atoms with E-state index in [1.165, 1.54) is 12.8 Å². The molecule has 0 aromatic heterocycles. The van der Waals surface area contributed by atoms with Crippen LogP contribution in [0.4, 0.5) is 0 Å². The van der Waals surface area contributed by atoms with Crippen LogP contribution in [0, 0.1) is 33.8 Å². The van der Waals surface area contributed by atoms with E-state index in [2.05, 4.69) is 0 Å². The number of rotatable bonds is 2. The second-order valence-electron chi connectivity index (χ2n) is 5.27. The molecule has 3 fully saturated rings. The molecule has 5 atom stereocenters. The lowest BCUT2D eigenvalue weighted by molar-refractivity contribution is -0.516. The van der Waals surface area contributed by atoms with Crippen LogP contribution in [0.5, 0.6) is 0 Å². The van der Waals surface area contributed by atoms with E-state index in [4.69, 9.17) is 0 Å². The molecular formula is C10H15NO3. The van der Waals surface area contributed by atoms with Crippen molar-refractivity contribution < 1.29 is 10.0 Å². The molecule has 3 aliphatic rings. The van der Waals surface area contributed by atoms with Gasteiger partial charge < -0.3 is 5.11 Å². The van der Waals surface area contributed by atoms with E-state index in [-0.39, 0.29) is 23.3 Å². The average molecular weight is 197 g/mol. The summed E-state index contributed by atoms with van der Waals surface area (Å²) in [7, 11) is 0. The highest BCUT2D eigenvalue weighted by Gasteiger charge is 2.68. The highest BCUT2D eigenvalue weighted by atomic mass is 16.6. The van der Waals surface area contributed by atoms with Crippen molar-refractivity contribution in [2.45, 2.75) is 31.3 Å². The van der Waals surface area contributed by atoms with Crippen LogP contribution in [0.1, 0.15) is 25.7 Å². The van der Waals surface area contributed by atoms with Gasteiger partial charge in [0.15, 0.2) is 0 Å². The molecule has 0 aromatic carbocycles. The predicted octanol–water partition coefficient (Wildman–Crippen LogP) is 1.06. The first-order chi connectivity index (χ1) is 6.61. The molecule has 0 radical (unpaired) electrons. The van der Waals surface area contributed by atoms with Crippen molar-refractivity contribution in [2.24, 2.45) is 23.7 Å². The molecule has 3 saturated carbocycles. The first-order valence-corrected chi connectivity index (χ1v) is 5.45. The summed E-state index contributed by atoms with van der Waals surface area (Å²) in [5, 5.41) is 20.8.